The van der Waals surface area contributed by atoms with Crippen LogP contribution in [0.1, 0.15) is 0 Å². The molecule has 0 unspecified atom stereocenters. The predicted molar refractivity (Wildman–Crippen MR) is 49.5 cm³/mol. The van der Waals surface area contributed by atoms with Crippen molar-refractivity contribution < 1.29 is 4.39 Å². The van der Waals surface area contributed by atoms with Gasteiger partial charge >= 0.3 is 0 Å². The van der Waals surface area contributed by atoms with Crippen LogP contribution in [0.3, 0.4) is 0 Å². The third kappa shape index (κ3) is 1.60. The lowest BCUT2D eigenvalue weighted by molar-refractivity contribution is 0.613. The molecule has 0 N–H and O–H groups in total. The summed E-state index contributed by atoms with van der Waals surface area (Å²) in [5.74, 6) is -0.283. The second-order valence-corrected chi connectivity index (χ2v) is 4.16. The highest BCUT2D eigenvalue weighted by Crippen LogP contribution is 2.30. The smallest absolute Gasteiger partial charge is 0.152 e. The maximum absolute atomic E-state index is 12.9. The highest BCUT2D eigenvalue weighted by molar-refractivity contribution is 9.13. The van der Waals surface area contributed by atoms with Gasteiger partial charge in [-0.25, -0.2) is 4.39 Å². The van der Waals surface area contributed by atoms with Crippen molar-refractivity contribution in [1.29, 1.82) is 0 Å². The van der Waals surface area contributed by atoms with E-state index in [0.717, 1.165) is 0 Å². The summed E-state index contributed by atoms with van der Waals surface area (Å²) in [6.07, 6.45) is 0. The number of hydrogen-bond acceptors (Lipinski definition) is 0. The fraction of sp³-hybridized carbons (Fsp3) is 0. The maximum atomic E-state index is 12.9. The number of benzene rings is 1. The van der Waals surface area contributed by atoms with Gasteiger partial charge in [0, 0.05) is 4.47 Å². The quantitative estimate of drug-likeness (QED) is 0.495. The molecule has 0 aliphatic carbocycles. The Balaban J connectivity index is 3.34. The van der Waals surface area contributed by atoms with Gasteiger partial charge in [0.05, 0.1) is 8.95 Å². The summed E-state index contributed by atoms with van der Waals surface area (Å²) in [5.41, 5.74) is 0. The minimum Gasteiger partial charge on any atom is -0.204 e. The number of hydrogen-bond donors (Lipinski definition) is 0. The van der Waals surface area contributed by atoms with E-state index in [4.69, 9.17) is 0 Å². The molecule has 0 saturated carbocycles. The summed E-state index contributed by atoms with van der Waals surface area (Å²) in [7, 11) is 0. The molecule has 0 saturated heterocycles. The molecule has 0 spiro atoms. The molecule has 0 radical (unpaired) electrons. The molecule has 0 aromatic heterocycles. The topological polar surface area (TPSA) is 0 Å². The van der Waals surface area contributed by atoms with Crippen LogP contribution in [-0.4, -0.2) is 0 Å². The first-order valence-corrected chi connectivity index (χ1v) is 4.80. The predicted octanol–water partition coefficient (Wildman–Crippen LogP) is 4.11. The van der Waals surface area contributed by atoms with Crippen LogP contribution >= 0.6 is 47.8 Å². The van der Waals surface area contributed by atoms with Crippen LogP contribution in [0.2, 0.25) is 0 Å². The lowest BCUT2D eigenvalue weighted by Gasteiger charge is -1.98. The molecule has 1 aromatic rings. The van der Waals surface area contributed by atoms with Gasteiger partial charge in [-0.1, -0.05) is 0 Å². The second-order valence-electron chi connectivity index (χ2n) is 1.66. The average molecular weight is 333 g/mol. The van der Waals surface area contributed by atoms with Gasteiger partial charge in [-0.15, -0.1) is 0 Å². The van der Waals surface area contributed by atoms with Gasteiger partial charge in [0.15, 0.2) is 5.82 Å². The number of rotatable bonds is 0. The van der Waals surface area contributed by atoms with Crippen molar-refractivity contribution in [2.24, 2.45) is 0 Å². The van der Waals surface area contributed by atoms with E-state index >= 15 is 0 Å². The van der Waals surface area contributed by atoms with Crippen LogP contribution in [-0.2, 0) is 0 Å². The van der Waals surface area contributed by atoms with Crippen LogP contribution in [0.4, 0.5) is 4.39 Å². The van der Waals surface area contributed by atoms with Crippen molar-refractivity contribution in [3.63, 3.8) is 0 Å². The average Bonchev–Trinajstić information content (AvgIpc) is 1.93. The third-order valence-electron chi connectivity index (χ3n) is 0.988. The molecule has 54 valence electrons. The van der Waals surface area contributed by atoms with E-state index in [9.17, 15) is 4.39 Å². The standard InChI is InChI=1S/C6H2Br3F/c7-3-1-2-4(8)6(10)5(3)9/h1-2H. The number of halogens is 4. The van der Waals surface area contributed by atoms with Gasteiger partial charge in [0.1, 0.15) is 0 Å². The molecule has 1 rings (SSSR count). The molecular weight excluding hydrogens is 331 g/mol. The van der Waals surface area contributed by atoms with E-state index in [1.54, 1.807) is 12.1 Å². The fourth-order valence-electron chi connectivity index (χ4n) is 0.502. The van der Waals surface area contributed by atoms with Crippen LogP contribution in [0.5, 0.6) is 0 Å². The summed E-state index contributed by atoms with van der Waals surface area (Å²) in [4.78, 5) is 0. The van der Waals surface area contributed by atoms with E-state index in [1.807, 2.05) is 0 Å². The highest BCUT2D eigenvalue weighted by atomic mass is 79.9. The summed E-state index contributed by atoms with van der Waals surface area (Å²) in [6, 6.07) is 3.40. The molecule has 0 atom stereocenters. The molecule has 1 aromatic carbocycles. The fourth-order valence-corrected chi connectivity index (χ4v) is 1.75. The summed E-state index contributed by atoms with van der Waals surface area (Å²) < 4.78 is 14.5. The Morgan fingerprint density at radius 2 is 1.50 bits per heavy atom. The van der Waals surface area contributed by atoms with Crippen LogP contribution in [0, 0.1) is 5.82 Å². The van der Waals surface area contributed by atoms with E-state index < -0.39 is 0 Å². The Labute approximate surface area is 83.2 Å². The summed E-state index contributed by atoms with van der Waals surface area (Å²) >= 11 is 9.30. The summed E-state index contributed by atoms with van der Waals surface area (Å²) in [6.45, 7) is 0. The van der Waals surface area contributed by atoms with Crippen LogP contribution < -0.4 is 0 Å². The zero-order valence-corrected chi connectivity index (χ0v) is 9.42. The van der Waals surface area contributed by atoms with Gasteiger partial charge in [-0.2, -0.15) is 0 Å². The lowest BCUT2D eigenvalue weighted by Crippen LogP contribution is -1.79. The molecule has 0 fully saturated rings. The van der Waals surface area contributed by atoms with Crippen molar-refractivity contribution in [2.75, 3.05) is 0 Å². The molecule has 0 bridgehead atoms. The van der Waals surface area contributed by atoms with Crippen molar-refractivity contribution >= 4 is 47.8 Å². The van der Waals surface area contributed by atoms with Crippen LogP contribution in [0.15, 0.2) is 25.6 Å². The molecule has 0 aliphatic rings. The van der Waals surface area contributed by atoms with E-state index in [2.05, 4.69) is 47.8 Å². The van der Waals surface area contributed by atoms with Crippen molar-refractivity contribution in [2.45, 2.75) is 0 Å². The molecule has 10 heavy (non-hydrogen) atoms. The maximum Gasteiger partial charge on any atom is 0.152 e. The van der Waals surface area contributed by atoms with Crippen molar-refractivity contribution in [3.8, 4) is 0 Å². The van der Waals surface area contributed by atoms with Gasteiger partial charge < -0.3 is 0 Å². The SMILES string of the molecule is Fc1c(Br)ccc(Br)c1Br. The zero-order chi connectivity index (χ0) is 7.72. The van der Waals surface area contributed by atoms with Gasteiger partial charge in [-0.3, -0.25) is 0 Å². The van der Waals surface area contributed by atoms with E-state index in [0.29, 0.717) is 13.4 Å². The van der Waals surface area contributed by atoms with Gasteiger partial charge in [0.25, 0.3) is 0 Å². The third-order valence-corrected chi connectivity index (χ3v) is 3.57. The van der Waals surface area contributed by atoms with Crippen LogP contribution in [0.25, 0.3) is 0 Å². The monoisotopic (exact) mass is 330 g/mol. The van der Waals surface area contributed by atoms with E-state index in [1.165, 1.54) is 0 Å². The van der Waals surface area contributed by atoms with Gasteiger partial charge in [0.2, 0.25) is 0 Å². The molecular formula is C6H2Br3F. The molecule has 4 heteroatoms. The molecule has 0 nitrogen and oxygen atoms in total. The minimum absolute atomic E-state index is 0.283. The Kier molecular flexibility index (Phi) is 2.89. The lowest BCUT2D eigenvalue weighted by atomic mass is 10.4. The zero-order valence-electron chi connectivity index (χ0n) is 4.67. The highest BCUT2D eigenvalue weighted by Gasteiger charge is 2.06. The van der Waals surface area contributed by atoms with E-state index in [-0.39, 0.29) is 5.82 Å². The molecule has 0 aliphatic heterocycles. The first kappa shape index (κ1) is 8.68. The van der Waals surface area contributed by atoms with Crippen molar-refractivity contribution in [3.05, 3.63) is 31.4 Å². The van der Waals surface area contributed by atoms with Gasteiger partial charge in [-0.05, 0) is 59.9 Å². The first-order valence-electron chi connectivity index (χ1n) is 2.42. The largest absolute Gasteiger partial charge is 0.204 e. The molecule has 0 amide bonds. The normalized spacial score (nSPS) is 10.0. The summed E-state index contributed by atoms with van der Waals surface area (Å²) in [5, 5.41) is 0. The Hall–Kier alpha value is 0.590. The minimum atomic E-state index is -0.283. The van der Waals surface area contributed by atoms with Crippen molar-refractivity contribution in [1.82, 2.24) is 0 Å². The second kappa shape index (κ2) is 3.32. The Morgan fingerprint density at radius 1 is 1.00 bits per heavy atom. The first-order chi connectivity index (χ1) is 4.63. The Morgan fingerprint density at radius 3 is 2.00 bits per heavy atom. The molecule has 0 heterocycles. The Bertz CT molecular complexity index is 232.